The van der Waals surface area contributed by atoms with Gasteiger partial charge in [0.15, 0.2) is 18.7 Å². The Labute approximate surface area is 341 Å². The lowest BCUT2D eigenvalue weighted by molar-refractivity contribution is -0.339. The van der Waals surface area contributed by atoms with Gasteiger partial charge in [0, 0.05) is 18.8 Å². The van der Waals surface area contributed by atoms with E-state index in [4.69, 9.17) is 28.4 Å². The van der Waals surface area contributed by atoms with Gasteiger partial charge in [-0.3, -0.25) is 4.79 Å². The minimum Gasteiger partial charge on any atom is -0.454 e. The van der Waals surface area contributed by atoms with Gasteiger partial charge in [0.25, 0.3) is 0 Å². The average Bonchev–Trinajstić information content (AvgIpc) is 3.50. The summed E-state index contributed by atoms with van der Waals surface area (Å²) >= 11 is 0. The number of hydrogen-bond acceptors (Lipinski definition) is 15. The molecule has 8 aliphatic rings. The summed E-state index contributed by atoms with van der Waals surface area (Å²) in [6.45, 7) is 15.5. The number of ether oxygens (including phenoxy) is 6. The summed E-state index contributed by atoms with van der Waals surface area (Å²) in [4.78, 5) is 12.1. The zero-order valence-corrected chi connectivity index (χ0v) is 35.5. The fourth-order valence-electron chi connectivity index (χ4n) is 15.2. The largest absolute Gasteiger partial charge is 0.454 e. The predicted octanol–water partition coefficient (Wildman–Crippen LogP) is 1.15. The normalized spacial score (nSPS) is 56.1. The van der Waals surface area contributed by atoms with Crippen LogP contribution in [0.1, 0.15) is 107 Å². The van der Waals surface area contributed by atoms with Gasteiger partial charge in [0.1, 0.15) is 36.6 Å². The monoisotopic (exact) mass is 826 g/mol. The maximum atomic E-state index is 12.2. The van der Waals surface area contributed by atoms with Gasteiger partial charge in [0.2, 0.25) is 0 Å². The van der Waals surface area contributed by atoms with Crippen molar-refractivity contribution >= 4 is 5.97 Å². The second kappa shape index (κ2) is 14.2. The maximum absolute atomic E-state index is 12.2. The van der Waals surface area contributed by atoms with Crippen LogP contribution in [0.15, 0.2) is 0 Å². The first-order valence-corrected chi connectivity index (χ1v) is 21.7. The van der Waals surface area contributed by atoms with Crippen molar-refractivity contribution in [3.63, 3.8) is 0 Å². The Hall–Kier alpha value is -1.05. The van der Waals surface area contributed by atoms with Gasteiger partial charge < -0.3 is 69.3 Å². The van der Waals surface area contributed by atoms with Crippen LogP contribution in [0, 0.1) is 50.7 Å². The Morgan fingerprint density at radius 2 is 1.50 bits per heavy atom. The van der Waals surface area contributed by atoms with E-state index < -0.39 is 103 Å². The van der Waals surface area contributed by atoms with Crippen molar-refractivity contribution in [1.82, 2.24) is 0 Å². The van der Waals surface area contributed by atoms with Gasteiger partial charge in [-0.05, 0) is 111 Å². The molecule has 5 aliphatic carbocycles. The number of rotatable bonds is 8. The number of carbonyl (C=O) groups is 1. The number of esters is 1. The molecule has 3 aliphatic heterocycles. The van der Waals surface area contributed by atoms with Crippen LogP contribution in [0.25, 0.3) is 0 Å². The summed E-state index contributed by atoms with van der Waals surface area (Å²) < 4.78 is 37.6. The highest BCUT2D eigenvalue weighted by molar-refractivity contribution is 5.66. The van der Waals surface area contributed by atoms with Crippen LogP contribution in [0.2, 0.25) is 0 Å². The van der Waals surface area contributed by atoms with Crippen molar-refractivity contribution in [3.8, 4) is 0 Å². The molecule has 3 heterocycles. The van der Waals surface area contributed by atoms with Crippen LogP contribution in [0.5, 0.6) is 0 Å². The summed E-state index contributed by atoms with van der Waals surface area (Å²) in [6.07, 6.45) is -8.11. The van der Waals surface area contributed by atoms with E-state index in [1.807, 2.05) is 13.8 Å². The van der Waals surface area contributed by atoms with E-state index in [-0.39, 0.29) is 51.9 Å². The van der Waals surface area contributed by atoms with Crippen molar-refractivity contribution in [2.24, 2.45) is 50.7 Å². The lowest BCUT2D eigenvalue weighted by atomic mass is 9.41. The average molecular weight is 827 g/mol. The molecule has 5 saturated carbocycles. The van der Waals surface area contributed by atoms with Gasteiger partial charge in [-0.1, -0.05) is 27.7 Å². The third kappa shape index (κ3) is 6.17. The lowest BCUT2D eigenvalue weighted by Gasteiger charge is -2.65. The van der Waals surface area contributed by atoms with Gasteiger partial charge in [0.05, 0.1) is 49.3 Å². The number of aliphatic hydroxyl groups is 8. The number of fused-ring (bicyclic) bond motifs is 2. The van der Waals surface area contributed by atoms with E-state index in [2.05, 4.69) is 34.6 Å². The molecule has 8 rings (SSSR count). The topological polar surface area (TPSA) is 234 Å². The molecular formula is C43H70O15. The minimum absolute atomic E-state index is 0.0650. The molecule has 0 unspecified atom stereocenters. The molecule has 15 heteroatoms. The Bertz CT molecular complexity index is 1570. The van der Waals surface area contributed by atoms with Crippen molar-refractivity contribution < 1.29 is 74.1 Å². The zero-order chi connectivity index (χ0) is 42.3. The van der Waals surface area contributed by atoms with Crippen LogP contribution in [-0.2, 0) is 33.2 Å². The molecule has 15 nitrogen and oxygen atoms in total. The van der Waals surface area contributed by atoms with E-state index >= 15 is 0 Å². The van der Waals surface area contributed by atoms with Crippen molar-refractivity contribution in [2.45, 2.75) is 192 Å². The molecule has 21 atom stereocenters. The molecule has 8 N–H and O–H groups in total. The van der Waals surface area contributed by atoms with Crippen LogP contribution in [-0.4, -0.2) is 151 Å². The SMILES string of the molecule is CC(=O)O[C@@H]1[C@H](O[C@@H]2CC[C@@]34C[C@@]35CC[C@@]3(C)[C@H]([C@@]6(C)C[C@H](C(C)(C)O)CO6)[C@@H](O)C[C@]3(C)[C@H]5C[C@@H](O[C@@H]3O[C@H](CO)[C@@H](O)[C@@H](O)[C@@H]3O)[C@H]4C2(C)C)OC[C@@H](O)[C@@H]1O. The summed E-state index contributed by atoms with van der Waals surface area (Å²) in [5.74, 6) is -0.996. The quantitative estimate of drug-likeness (QED) is 0.127. The molecule has 0 aromatic rings. The van der Waals surface area contributed by atoms with Crippen LogP contribution < -0.4 is 0 Å². The highest BCUT2D eigenvalue weighted by Gasteiger charge is 2.85. The van der Waals surface area contributed by atoms with E-state index in [0.29, 0.717) is 32.3 Å². The molecule has 0 amide bonds. The molecule has 0 radical (unpaired) electrons. The zero-order valence-electron chi connectivity index (χ0n) is 35.5. The third-order valence-corrected chi connectivity index (χ3v) is 18.1. The molecule has 8 fully saturated rings. The van der Waals surface area contributed by atoms with Gasteiger partial charge in [-0.2, -0.15) is 0 Å². The number of hydrogen-bond donors (Lipinski definition) is 8. The second-order valence-corrected chi connectivity index (χ2v) is 21.7. The predicted molar refractivity (Wildman–Crippen MR) is 203 cm³/mol. The van der Waals surface area contributed by atoms with Crippen molar-refractivity contribution in [1.29, 1.82) is 0 Å². The molecule has 3 saturated heterocycles. The van der Waals surface area contributed by atoms with Gasteiger partial charge in [-0.15, -0.1) is 0 Å². The molecule has 0 aromatic carbocycles. The summed E-state index contributed by atoms with van der Waals surface area (Å²) in [7, 11) is 0. The van der Waals surface area contributed by atoms with Gasteiger partial charge in [-0.25, -0.2) is 0 Å². The highest BCUT2D eigenvalue weighted by atomic mass is 16.7. The standard InChI is InChI=1S/C43H70O15/c1-20(45)55-32-28(48)23(47)18-53-36(32)58-27-9-10-43-19-42(43)12-11-39(6)33(41(8)14-21(17-54-41)38(4,5)52)22(46)15-40(39,7)26(42)13-24(34(43)37(27,2)3)56-35-31(51)30(50)29(49)25(16-44)57-35/h21-36,44,46-52H,9-19H2,1-8H3/t21-,22-,23+,24+,25+,26+,27+,28-,29+,30+,31-,32-,33+,34-,35+,36-,39-,40+,41+,42+,43-/m0/s1. The molecule has 0 bridgehead atoms. The molecule has 0 aromatic heterocycles. The second-order valence-electron chi connectivity index (χ2n) is 21.7. The smallest absolute Gasteiger partial charge is 0.303 e. The first-order chi connectivity index (χ1) is 26.9. The summed E-state index contributed by atoms with van der Waals surface area (Å²) in [5.41, 5.74) is -3.22. The maximum Gasteiger partial charge on any atom is 0.303 e. The molecule has 2 spiro atoms. The van der Waals surface area contributed by atoms with E-state index in [1.165, 1.54) is 6.92 Å². The fourth-order valence-corrected chi connectivity index (χ4v) is 15.2. The van der Waals surface area contributed by atoms with Crippen LogP contribution >= 0.6 is 0 Å². The Morgan fingerprint density at radius 3 is 2.14 bits per heavy atom. The number of aliphatic hydroxyl groups excluding tert-OH is 7. The first-order valence-electron chi connectivity index (χ1n) is 21.7. The van der Waals surface area contributed by atoms with Crippen molar-refractivity contribution in [2.75, 3.05) is 19.8 Å². The summed E-state index contributed by atoms with van der Waals surface area (Å²) in [6, 6.07) is 0. The number of carbonyl (C=O) groups excluding carboxylic acids is 1. The Kier molecular flexibility index (Phi) is 10.7. The third-order valence-electron chi connectivity index (χ3n) is 18.1. The van der Waals surface area contributed by atoms with E-state index in [9.17, 15) is 45.6 Å². The lowest BCUT2D eigenvalue weighted by Crippen LogP contribution is -2.65. The van der Waals surface area contributed by atoms with Gasteiger partial charge >= 0.3 is 5.97 Å². The van der Waals surface area contributed by atoms with Crippen molar-refractivity contribution in [3.05, 3.63) is 0 Å². The fraction of sp³-hybridized carbons (Fsp3) is 0.977. The molecular weight excluding hydrogens is 756 g/mol. The van der Waals surface area contributed by atoms with Crippen LogP contribution in [0.4, 0.5) is 0 Å². The highest BCUT2D eigenvalue weighted by Crippen LogP contribution is 2.89. The van der Waals surface area contributed by atoms with E-state index in [1.54, 1.807) is 0 Å². The van der Waals surface area contributed by atoms with E-state index in [0.717, 1.165) is 25.7 Å². The Morgan fingerprint density at radius 1 is 0.793 bits per heavy atom. The minimum atomic E-state index is -1.62. The summed E-state index contributed by atoms with van der Waals surface area (Å²) in [5, 5.41) is 87.4. The molecule has 58 heavy (non-hydrogen) atoms. The van der Waals surface area contributed by atoms with Crippen LogP contribution in [0.3, 0.4) is 0 Å². The Balaban J connectivity index is 1.15. The molecule has 332 valence electrons. The first kappa shape index (κ1) is 43.6.